The summed E-state index contributed by atoms with van der Waals surface area (Å²) >= 11 is 0. The summed E-state index contributed by atoms with van der Waals surface area (Å²) in [6, 6.07) is 0. The Morgan fingerprint density at radius 2 is 1.75 bits per heavy atom. The van der Waals surface area contributed by atoms with Crippen LogP contribution in [0.2, 0.25) is 0 Å². The highest BCUT2D eigenvalue weighted by molar-refractivity contribution is 5.85. The summed E-state index contributed by atoms with van der Waals surface area (Å²) in [6.07, 6.45) is 4.22. The van der Waals surface area contributed by atoms with Crippen LogP contribution in [0.15, 0.2) is 0 Å². The molecular formula is C15H28N2O3. The van der Waals surface area contributed by atoms with Gasteiger partial charge < -0.3 is 15.3 Å². The highest BCUT2D eigenvalue weighted by Crippen LogP contribution is 2.39. The van der Waals surface area contributed by atoms with Crippen LogP contribution in [0.4, 0.5) is 0 Å². The minimum absolute atomic E-state index is 0.103. The molecule has 0 unspecified atom stereocenters. The van der Waals surface area contributed by atoms with E-state index in [2.05, 4.69) is 5.32 Å². The second-order valence-corrected chi connectivity index (χ2v) is 6.81. The van der Waals surface area contributed by atoms with Gasteiger partial charge in [-0.05, 0) is 40.8 Å². The summed E-state index contributed by atoms with van der Waals surface area (Å²) in [5.74, 6) is -0.969. The minimum Gasteiger partial charge on any atom is -0.481 e. The van der Waals surface area contributed by atoms with Crippen molar-refractivity contribution >= 4 is 11.9 Å². The number of carbonyl (C=O) groups is 2. The maximum atomic E-state index is 12.1. The summed E-state index contributed by atoms with van der Waals surface area (Å²) in [5.41, 5.74) is -0.983. The number of likely N-dealkylation sites (N-methyl/N-ethyl adjacent to an activating group) is 1. The van der Waals surface area contributed by atoms with Gasteiger partial charge in [-0.3, -0.25) is 9.59 Å². The zero-order valence-electron chi connectivity index (χ0n) is 13.2. The van der Waals surface area contributed by atoms with Crippen molar-refractivity contribution in [3.63, 3.8) is 0 Å². The molecule has 5 heteroatoms. The fourth-order valence-electron chi connectivity index (χ4n) is 2.54. The fourth-order valence-corrected chi connectivity index (χ4v) is 2.54. The van der Waals surface area contributed by atoms with Crippen LogP contribution >= 0.6 is 0 Å². The number of rotatable bonds is 6. The molecule has 1 aliphatic carbocycles. The third-order valence-corrected chi connectivity index (χ3v) is 4.69. The summed E-state index contributed by atoms with van der Waals surface area (Å²) in [4.78, 5) is 25.7. The number of hydrogen-bond donors (Lipinski definition) is 2. The predicted molar refractivity (Wildman–Crippen MR) is 78.5 cm³/mol. The van der Waals surface area contributed by atoms with Gasteiger partial charge in [-0.2, -0.15) is 0 Å². The second-order valence-electron chi connectivity index (χ2n) is 6.81. The largest absolute Gasteiger partial charge is 0.481 e. The second kappa shape index (κ2) is 6.57. The summed E-state index contributed by atoms with van der Waals surface area (Å²) in [5, 5.41) is 12.4. The van der Waals surface area contributed by atoms with E-state index < -0.39 is 11.4 Å². The molecule has 0 aliphatic heterocycles. The van der Waals surface area contributed by atoms with Crippen LogP contribution in [0.1, 0.15) is 52.4 Å². The average Bonchev–Trinajstić information content (AvgIpc) is 2.37. The van der Waals surface area contributed by atoms with Crippen molar-refractivity contribution in [1.82, 2.24) is 10.2 Å². The molecule has 20 heavy (non-hydrogen) atoms. The van der Waals surface area contributed by atoms with Crippen molar-refractivity contribution in [2.75, 3.05) is 20.6 Å². The van der Waals surface area contributed by atoms with Crippen LogP contribution in [-0.4, -0.2) is 48.1 Å². The molecule has 1 aliphatic rings. The van der Waals surface area contributed by atoms with Gasteiger partial charge in [0.1, 0.15) is 0 Å². The van der Waals surface area contributed by atoms with Crippen LogP contribution in [0, 0.1) is 5.41 Å². The Hall–Kier alpha value is -1.10. The van der Waals surface area contributed by atoms with Crippen LogP contribution in [0.5, 0.6) is 0 Å². The smallest absolute Gasteiger partial charge is 0.310 e. The van der Waals surface area contributed by atoms with Crippen molar-refractivity contribution in [2.45, 2.75) is 57.9 Å². The molecule has 1 amide bonds. The van der Waals surface area contributed by atoms with Crippen molar-refractivity contribution in [1.29, 1.82) is 0 Å². The lowest BCUT2D eigenvalue weighted by molar-refractivity contribution is -0.154. The van der Waals surface area contributed by atoms with Crippen molar-refractivity contribution in [3.05, 3.63) is 0 Å². The molecule has 5 nitrogen and oxygen atoms in total. The first-order chi connectivity index (χ1) is 9.19. The van der Waals surface area contributed by atoms with Gasteiger partial charge in [0.25, 0.3) is 0 Å². The van der Waals surface area contributed by atoms with Gasteiger partial charge >= 0.3 is 5.97 Å². The van der Waals surface area contributed by atoms with E-state index in [4.69, 9.17) is 0 Å². The zero-order chi connectivity index (χ0) is 15.4. The standard InChI is InChI=1S/C15H28N2O3/c1-14(2,17(3)4)11-16-12(18)10-15(13(19)20)8-6-5-7-9-15/h5-11H2,1-4H3,(H,16,18)(H,19,20). The molecule has 0 bridgehead atoms. The molecule has 0 aromatic rings. The Balaban J connectivity index is 2.57. The SMILES string of the molecule is CN(C)C(C)(C)CNC(=O)CC1(C(=O)O)CCCCC1. The highest BCUT2D eigenvalue weighted by Gasteiger charge is 2.41. The third-order valence-electron chi connectivity index (χ3n) is 4.69. The Labute approximate surface area is 121 Å². The van der Waals surface area contributed by atoms with Crippen LogP contribution in [-0.2, 0) is 9.59 Å². The highest BCUT2D eigenvalue weighted by atomic mass is 16.4. The molecule has 1 fully saturated rings. The number of nitrogens with zero attached hydrogens (tertiary/aromatic N) is 1. The van der Waals surface area contributed by atoms with E-state index in [9.17, 15) is 14.7 Å². The van der Waals surface area contributed by atoms with Gasteiger partial charge in [-0.25, -0.2) is 0 Å². The van der Waals surface area contributed by atoms with Gasteiger partial charge in [0.05, 0.1) is 5.41 Å². The van der Waals surface area contributed by atoms with E-state index in [1.165, 1.54) is 0 Å². The van der Waals surface area contributed by atoms with Crippen molar-refractivity contribution in [3.8, 4) is 0 Å². The molecule has 0 atom stereocenters. The topological polar surface area (TPSA) is 69.6 Å². The number of hydrogen-bond acceptors (Lipinski definition) is 3. The first-order valence-electron chi connectivity index (χ1n) is 7.37. The minimum atomic E-state index is -0.843. The van der Waals surface area contributed by atoms with Crippen molar-refractivity contribution < 1.29 is 14.7 Å². The van der Waals surface area contributed by atoms with E-state index in [0.29, 0.717) is 19.4 Å². The van der Waals surface area contributed by atoms with Gasteiger partial charge in [-0.15, -0.1) is 0 Å². The van der Waals surface area contributed by atoms with Crippen LogP contribution in [0.3, 0.4) is 0 Å². The Morgan fingerprint density at radius 3 is 2.20 bits per heavy atom. The van der Waals surface area contributed by atoms with Gasteiger partial charge in [0.2, 0.25) is 5.91 Å². The molecule has 0 aromatic heterocycles. The van der Waals surface area contributed by atoms with Crippen LogP contribution < -0.4 is 5.32 Å². The maximum Gasteiger partial charge on any atom is 0.310 e. The number of aliphatic carboxylic acids is 1. The van der Waals surface area contributed by atoms with Crippen LogP contribution in [0.25, 0.3) is 0 Å². The maximum absolute atomic E-state index is 12.1. The Morgan fingerprint density at radius 1 is 1.20 bits per heavy atom. The molecule has 1 saturated carbocycles. The molecular weight excluding hydrogens is 256 g/mol. The molecule has 116 valence electrons. The lowest BCUT2D eigenvalue weighted by atomic mass is 9.71. The van der Waals surface area contributed by atoms with E-state index in [1.807, 2.05) is 32.8 Å². The molecule has 0 heterocycles. The van der Waals surface area contributed by atoms with E-state index in [0.717, 1.165) is 19.3 Å². The van der Waals surface area contributed by atoms with Gasteiger partial charge in [0, 0.05) is 18.5 Å². The Bertz CT molecular complexity index is 358. The van der Waals surface area contributed by atoms with Gasteiger partial charge in [0.15, 0.2) is 0 Å². The predicted octanol–water partition coefficient (Wildman–Crippen LogP) is 1.87. The lowest BCUT2D eigenvalue weighted by Gasteiger charge is -2.35. The Kier molecular flexibility index (Phi) is 5.57. The summed E-state index contributed by atoms with van der Waals surface area (Å²) in [6.45, 7) is 4.61. The first-order valence-corrected chi connectivity index (χ1v) is 7.37. The number of carboxylic acids is 1. The molecule has 2 N–H and O–H groups in total. The number of carbonyl (C=O) groups excluding carboxylic acids is 1. The molecule has 1 rings (SSSR count). The van der Waals surface area contributed by atoms with E-state index >= 15 is 0 Å². The number of nitrogens with one attached hydrogen (secondary N) is 1. The molecule has 0 spiro atoms. The normalized spacial score (nSPS) is 18.9. The lowest BCUT2D eigenvalue weighted by Crippen LogP contribution is -2.49. The third kappa shape index (κ3) is 4.20. The number of amides is 1. The summed E-state index contributed by atoms with van der Waals surface area (Å²) < 4.78 is 0. The van der Waals surface area contributed by atoms with E-state index in [-0.39, 0.29) is 17.9 Å². The van der Waals surface area contributed by atoms with Crippen molar-refractivity contribution in [2.24, 2.45) is 5.41 Å². The molecule has 0 radical (unpaired) electrons. The molecule has 0 saturated heterocycles. The number of carboxylic acid groups (broad SMARTS) is 1. The average molecular weight is 284 g/mol. The molecule has 0 aromatic carbocycles. The quantitative estimate of drug-likeness (QED) is 0.781. The fraction of sp³-hybridized carbons (Fsp3) is 0.867. The monoisotopic (exact) mass is 284 g/mol. The van der Waals surface area contributed by atoms with E-state index in [1.54, 1.807) is 0 Å². The summed E-state index contributed by atoms with van der Waals surface area (Å²) in [7, 11) is 3.93. The first kappa shape index (κ1) is 17.0. The van der Waals surface area contributed by atoms with Gasteiger partial charge in [-0.1, -0.05) is 19.3 Å². The zero-order valence-corrected chi connectivity index (χ0v) is 13.2.